The minimum atomic E-state index is -0.257. The van der Waals surface area contributed by atoms with E-state index in [1.54, 1.807) is 18.2 Å². The fraction of sp³-hybridized carbons (Fsp3) is 0.438. The summed E-state index contributed by atoms with van der Waals surface area (Å²) in [4.78, 5) is 0. The Balaban J connectivity index is 2.29. The van der Waals surface area contributed by atoms with Crippen molar-refractivity contribution in [3.05, 3.63) is 41.7 Å². The van der Waals surface area contributed by atoms with Crippen molar-refractivity contribution in [1.82, 2.24) is 0 Å². The van der Waals surface area contributed by atoms with Crippen LogP contribution in [0.4, 0.5) is 4.39 Å². The molecular formula is C16H18FNO. The molecular weight excluding hydrogens is 241 g/mol. The zero-order valence-electron chi connectivity index (χ0n) is 11.3. The van der Waals surface area contributed by atoms with E-state index in [1.807, 2.05) is 0 Å². The first-order valence-electron chi connectivity index (χ1n) is 6.51. The molecule has 0 bridgehead atoms. The first kappa shape index (κ1) is 13.8. The largest absolute Gasteiger partial charge is 0.376 e. The quantitative estimate of drug-likeness (QED) is 0.754. The number of hydrogen-bond donors (Lipinski definition) is 0. The lowest BCUT2D eigenvalue weighted by Gasteiger charge is -2.36. The molecule has 19 heavy (non-hydrogen) atoms. The lowest BCUT2D eigenvalue weighted by Crippen LogP contribution is -2.34. The molecule has 1 saturated heterocycles. The molecule has 1 heterocycles. The summed E-state index contributed by atoms with van der Waals surface area (Å²) in [5.41, 5.74) is 1.74. The van der Waals surface area contributed by atoms with Crippen LogP contribution >= 0.6 is 0 Å². The maximum absolute atomic E-state index is 13.0. The monoisotopic (exact) mass is 259 g/mol. The van der Waals surface area contributed by atoms with Crippen molar-refractivity contribution in [2.24, 2.45) is 5.92 Å². The van der Waals surface area contributed by atoms with Crippen LogP contribution in [0.1, 0.15) is 32.3 Å². The van der Waals surface area contributed by atoms with Gasteiger partial charge in [0, 0.05) is 12.7 Å². The molecule has 2 rings (SSSR count). The Morgan fingerprint density at radius 3 is 2.68 bits per heavy atom. The lowest BCUT2D eigenvalue weighted by molar-refractivity contribution is -0.0629. The Hall–Kier alpha value is -1.66. The number of nitrogens with zero attached hydrogens (tertiary/aromatic N) is 1. The summed E-state index contributed by atoms with van der Waals surface area (Å²) in [6.07, 6.45) is 3.35. The van der Waals surface area contributed by atoms with Crippen molar-refractivity contribution in [1.29, 1.82) is 5.26 Å². The molecule has 3 heteroatoms. The van der Waals surface area contributed by atoms with Gasteiger partial charge in [0.15, 0.2) is 0 Å². The molecule has 100 valence electrons. The molecule has 1 aromatic carbocycles. The smallest absolute Gasteiger partial charge is 0.123 e. The first-order valence-corrected chi connectivity index (χ1v) is 6.51. The van der Waals surface area contributed by atoms with Gasteiger partial charge in [0.1, 0.15) is 5.82 Å². The van der Waals surface area contributed by atoms with E-state index in [-0.39, 0.29) is 17.3 Å². The van der Waals surface area contributed by atoms with Crippen LogP contribution in [0.5, 0.6) is 0 Å². The maximum Gasteiger partial charge on any atom is 0.123 e. The van der Waals surface area contributed by atoms with Gasteiger partial charge in [0.2, 0.25) is 0 Å². The van der Waals surface area contributed by atoms with Crippen molar-refractivity contribution in [3.63, 3.8) is 0 Å². The Bertz CT molecular complexity index is 511. The minimum Gasteiger partial charge on any atom is -0.376 e. The van der Waals surface area contributed by atoms with Gasteiger partial charge in [-0.25, -0.2) is 4.39 Å². The number of rotatable bonds is 2. The highest BCUT2D eigenvalue weighted by Crippen LogP contribution is 2.37. The molecule has 0 N–H and O–H groups in total. The molecule has 1 aliphatic rings. The number of halogens is 1. The van der Waals surface area contributed by atoms with Crippen LogP contribution in [0.25, 0.3) is 5.57 Å². The van der Waals surface area contributed by atoms with Gasteiger partial charge in [-0.2, -0.15) is 5.26 Å². The summed E-state index contributed by atoms with van der Waals surface area (Å²) in [5, 5.41) is 8.98. The highest BCUT2D eigenvalue weighted by atomic mass is 19.1. The van der Waals surface area contributed by atoms with Crippen molar-refractivity contribution in [2.75, 3.05) is 6.61 Å². The molecule has 1 aliphatic heterocycles. The van der Waals surface area contributed by atoms with E-state index >= 15 is 0 Å². The highest BCUT2D eigenvalue weighted by molar-refractivity contribution is 5.69. The standard InChI is InChI=1S/C16H18FNO/c1-16(2)11-13(8-10-19-16)15(7-9-18)12-3-5-14(17)6-4-12/h3-7,13H,8,10-11H2,1-2H3. The van der Waals surface area contributed by atoms with Gasteiger partial charge in [-0.3, -0.25) is 0 Å². The molecule has 2 nitrogen and oxygen atoms in total. The van der Waals surface area contributed by atoms with Gasteiger partial charge in [-0.15, -0.1) is 0 Å². The Morgan fingerprint density at radius 1 is 1.42 bits per heavy atom. The third kappa shape index (κ3) is 3.42. The van der Waals surface area contributed by atoms with Gasteiger partial charge in [0.05, 0.1) is 11.7 Å². The summed E-state index contributed by atoms with van der Waals surface area (Å²) < 4.78 is 18.7. The van der Waals surface area contributed by atoms with Crippen molar-refractivity contribution >= 4 is 5.57 Å². The Morgan fingerprint density at radius 2 is 2.11 bits per heavy atom. The lowest BCUT2D eigenvalue weighted by atomic mass is 9.80. The van der Waals surface area contributed by atoms with Gasteiger partial charge < -0.3 is 4.74 Å². The number of ether oxygens (including phenoxy) is 1. The zero-order valence-corrected chi connectivity index (χ0v) is 11.3. The molecule has 0 aromatic heterocycles. The highest BCUT2D eigenvalue weighted by Gasteiger charge is 2.31. The van der Waals surface area contributed by atoms with Gasteiger partial charge in [-0.1, -0.05) is 12.1 Å². The second-order valence-corrected chi connectivity index (χ2v) is 5.53. The number of benzene rings is 1. The summed E-state index contributed by atoms with van der Waals surface area (Å²) in [5.74, 6) is 0.0289. The van der Waals surface area contributed by atoms with E-state index in [0.717, 1.165) is 24.0 Å². The molecule has 0 aliphatic carbocycles. The third-order valence-corrected chi connectivity index (χ3v) is 3.53. The Labute approximate surface area is 113 Å². The van der Waals surface area contributed by atoms with E-state index in [4.69, 9.17) is 10.00 Å². The number of nitriles is 1. The molecule has 0 amide bonds. The number of hydrogen-bond acceptors (Lipinski definition) is 2. The van der Waals surface area contributed by atoms with Crippen LogP contribution in [-0.4, -0.2) is 12.2 Å². The summed E-state index contributed by atoms with van der Waals surface area (Å²) in [7, 11) is 0. The van der Waals surface area contributed by atoms with Gasteiger partial charge >= 0.3 is 0 Å². The molecule has 0 saturated carbocycles. The second-order valence-electron chi connectivity index (χ2n) is 5.53. The van der Waals surface area contributed by atoms with E-state index in [2.05, 4.69) is 19.9 Å². The normalized spacial score (nSPS) is 22.8. The van der Waals surface area contributed by atoms with E-state index in [0.29, 0.717) is 6.61 Å². The summed E-state index contributed by atoms with van der Waals surface area (Å²) in [6, 6.07) is 8.45. The fourth-order valence-electron chi connectivity index (χ4n) is 2.65. The van der Waals surface area contributed by atoms with Crippen LogP contribution in [0.2, 0.25) is 0 Å². The molecule has 1 fully saturated rings. The first-order chi connectivity index (χ1) is 9.02. The molecule has 0 spiro atoms. The van der Waals surface area contributed by atoms with E-state index < -0.39 is 0 Å². The maximum atomic E-state index is 13.0. The average molecular weight is 259 g/mol. The second kappa shape index (κ2) is 5.54. The minimum absolute atomic E-state index is 0.169. The summed E-state index contributed by atoms with van der Waals surface area (Å²) in [6.45, 7) is 4.82. The molecule has 0 radical (unpaired) electrons. The third-order valence-electron chi connectivity index (χ3n) is 3.53. The zero-order chi connectivity index (χ0) is 13.9. The Kier molecular flexibility index (Phi) is 4.01. The molecule has 1 unspecified atom stereocenters. The van der Waals surface area contributed by atoms with E-state index in [9.17, 15) is 4.39 Å². The molecule has 1 aromatic rings. The van der Waals surface area contributed by atoms with Crippen LogP contribution in [0.3, 0.4) is 0 Å². The van der Waals surface area contributed by atoms with Crippen molar-refractivity contribution in [2.45, 2.75) is 32.3 Å². The molecule has 1 atom stereocenters. The number of allylic oxidation sites excluding steroid dienone is 2. The summed E-state index contributed by atoms with van der Waals surface area (Å²) >= 11 is 0. The van der Waals surface area contributed by atoms with Crippen LogP contribution in [-0.2, 0) is 4.74 Å². The van der Waals surface area contributed by atoms with Gasteiger partial charge in [-0.05, 0) is 55.9 Å². The van der Waals surface area contributed by atoms with Crippen LogP contribution < -0.4 is 0 Å². The topological polar surface area (TPSA) is 33.0 Å². The van der Waals surface area contributed by atoms with Crippen LogP contribution in [0.15, 0.2) is 30.3 Å². The predicted molar refractivity (Wildman–Crippen MR) is 72.7 cm³/mol. The predicted octanol–water partition coefficient (Wildman–Crippen LogP) is 3.94. The van der Waals surface area contributed by atoms with Crippen LogP contribution in [0, 0.1) is 23.1 Å². The SMILES string of the molecule is CC1(C)CC(C(=CC#N)c2ccc(F)cc2)CCO1. The van der Waals surface area contributed by atoms with Gasteiger partial charge in [0.25, 0.3) is 0 Å². The van der Waals surface area contributed by atoms with Crippen molar-refractivity contribution < 1.29 is 9.13 Å². The fourth-order valence-corrected chi connectivity index (χ4v) is 2.65. The van der Waals surface area contributed by atoms with Crippen molar-refractivity contribution in [3.8, 4) is 6.07 Å². The van der Waals surface area contributed by atoms with E-state index in [1.165, 1.54) is 12.1 Å². The average Bonchev–Trinajstić information content (AvgIpc) is 2.36.